The molecule has 0 fully saturated rings. The Morgan fingerprint density at radius 1 is 1.03 bits per heavy atom. The zero-order chi connectivity index (χ0) is 20.9. The number of para-hydroxylation sites is 2. The third-order valence-electron chi connectivity index (χ3n) is 3.94. The van der Waals surface area contributed by atoms with Gasteiger partial charge in [0.25, 0.3) is 21.6 Å². The monoisotopic (exact) mass is 412 g/mol. The van der Waals surface area contributed by atoms with Crippen molar-refractivity contribution in [3.8, 4) is 0 Å². The number of amides is 1. The Balaban J connectivity index is 1.85. The molecule has 1 heterocycles. The van der Waals surface area contributed by atoms with Crippen molar-refractivity contribution >= 4 is 27.3 Å². The number of hydrogen-bond acceptors (Lipinski definition) is 6. The van der Waals surface area contributed by atoms with Gasteiger partial charge in [0.15, 0.2) is 4.90 Å². The van der Waals surface area contributed by atoms with Crippen molar-refractivity contribution in [3.63, 3.8) is 0 Å². The summed E-state index contributed by atoms with van der Waals surface area (Å²) in [6.45, 7) is 0.206. The van der Waals surface area contributed by atoms with Gasteiger partial charge in [0.1, 0.15) is 0 Å². The summed E-state index contributed by atoms with van der Waals surface area (Å²) in [5.41, 5.74) is 0.310. The maximum atomic E-state index is 12.7. The van der Waals surface area contributed by atoms with Gasteiger partial charge in [-0.1, -0.05) is 30.3 Å². The van der Waals surface area contributed by atoms with Crippen LogP contribution in [0, 0.1) is 10.1 Å². The molecule has 0 bridgehead atoms. The van der Waals surface area contributed by atoms with Crippen LogP contribution in [0.4, 0.5) is 11.4 Å². The van der Waals surface area contributed by atoms with Gasteiger partial charge in [0.2, 0.25) is 0 Å². The largest absolute Gasteiger partial charge is 0.348 e. The number of aromatic nitrogens is 1. The van der Waals surface area contributed by atoms with Crippen molar-refractivity contribution in [2.75, 3.05) is 4.72 Å². The van der Waals surface area contributed by atoms with Gasteiger partial charge in [0, 0.05) is 25.0 Å². The highest BCUT2D eigenvalue weighted by Crippen LogP contribution is 2.26. The summed E-state index contributed by atoms with van der Waals surface area (Å²) < 4.78 is 27.7. The molecule has 0 radical (unpaired) electrons. The molecular formula is C19H16N4O5S. The number of anilines is 1. The molecule has 0 saturated heterocycles. The van der Waals surface area contributed by atoms with Gasteiger partial charge in [-0.25, -0.2) is 8.42 Å². The first-order valence-corrected chi connectivity index (χ1v) is 9.89. The highest BCUT2D eigenvalue weighted by Gasteiger charge is 2.26. The van der Waals surface area contributed by atoms with Gasteiger partial charge in [-0.05, 0) is 29.8 Å². The highest BCUT2D eigenvalue weighted by molar-refractivity contribution is 7.92. The van der Waals surface area contributed by atoms with Gasteiger partial charge in [0.05, 0.1) is 16.2 Å². The lowest BCUT2D eigenvalue weighted by atomic mass is 10.1. The molecule has 0 unspecified atom stereocenters. The van der Waals surface area contributed by atoms with E-state index in [1.807, 2.05) is 0 Å². The van der Waals surface area contributed by atoms with Crippen molar-refractivity contribution in [1.29, 1.82) is 0 Å². The minimum atomic E-state index is -4.29. The number of sulfonamides is 1. The second-order valence-corrected chi connectivity index (χ2v) is 7.57. The van der Waals surface area contributed by atoms with Crippen LogP contribution in [0.3, 0.4) is 0 Å². The predicted molar refractivity (Wildman–Crippen MR) is 106 cm³/mol. The molecule has 0 aliphatic carbocycles. The lowest BCUT2D eigenvalue weighted by Gasteiger charge is -2.13. The lowest BCUT2D eigenvalue weighted by molar-refractivity contribution is -0.387. The molecule has 0 aliphatic rings. The lowest BCUT2D eigenvalue weighted by Crippen LogP contribution is -2.25. The molecule has 10 heteroatoms. The number of nitrogens with zero attached hydrogens (tertiary/aromatic N) is 2. The van der Waals surface area contributed by atoms with Crippen LogP contribution in [-0.2, 0) is 16.6 Å². The summed E-state index contributed by atoms with van der Waals surface area (Å²) in [6.07, 6.45) is 3.21. The molecule has 0 aliphatic heterocycles. The van der Waals surface area contributed by atoms with Gasteiger partial charge in [-0.3, -0.25) is 24.6 Å². The second-order valence-electron chi connectivity index (χ2n) is 5.92. The molecule has 0 spiro atoms. The van der Waals surface area contributed by atoms with E-state index in [9.17, 15) is 23.3 Å². The van der Waals surface area contributed by atoms with E-state index in [4.69, 9.17) is 0 Å². The normalized spacial score (nSPS) is 10.9. The van der Waals surface area contributed by atoms with Crippen LogP contribution in [0.15, 0.2) is 78.0 Å². The molecule has 29 heavy (non-hydrogen) atoms. The Hall–Kier alpha value is -3.79. The molecular weight excluding hydrogens is 396 g/mol. The van der Waals surface area contributed by atoms with Crippen LogP contribution in [0.2, 0.25) is 0 Å². The van der Waals surface area contributed by atoms with E-state index < -0.39 is 31.4 Å². The van der Waals surface area contributed by atoms with Gasteiger partial charge in [-0.2, -0.15) is 0 Å². The summed E-state index contributed by atoms with van der Waals surface area (Å²) >= 11 is 0. The van der Waals surface area contributed by atoms with Crippen LogP contribution in [-0.4, -0.2) is 24.2 Å². The second kappa shape index (κ2) is 8.48. The average Bonchev–Trinajstić information content (AvgIpc) is 2.73. The number of rotatable bonds is 7. The van der Waals surface area contributed by atoms with Crippen molar-refractivity contribution in [3.05, 3.63) is 94.3 Å². The molecule has 2 aromatic carbocycles. The first kappa shape index (κ1) is 20.0. The Morgan fingerprint density at radius 2 is 1.76 bits per heavy atom. The quantitative estimate of drug-likeness (QED) is 0.453. The third-order valence-corrected chi connectivity index (χ3v) is 5.36. The zero-order valence-electron chi connectivity index (χ0n) is 15.0. The first-order valence-electron chi connectivity index (χ1n) is 8.41. The van der Waals surface area contributed by atoms with Crippen LogP contribution >= 0.6 is 0 Å². The Bertz CT molecular complexity index is 1150. The Morgan fingerprint density at radius 3 is 2.48 bits per heavy atom. The number of nitro groups is 1. The van der Waals surface area contributed by atoms with Gasteiger partial charge in [-0.15, -0.1) is 0 Å². The summed E-state index contributed by atoms with van der Waals surface area (Å²) in [4.78, 5) is 26.4. The van der Waals surface area contributed by atoms with Crippen molar-refractivity contribution in [2.45, 2.75) is 11.4 Å². The fourth-order valence-electron chi connectivity index (χ4n) is 2.59. The summed E-state index contributed by atoms with van der Waals surface area (Å²) in [6, 6.07) is 14.5. The number of pyridine rings is 1. The van der Waals surface area contributed by atoms with Gasteiger partial charge < -0.3 is 5.32 Å². The van der Waals surface area contributed by atoms with Crippen molar-refractivity contribution < 1.29 is 18.1 Å². The molecule has 0 atom stereocenters. The Kier molecular flexibility index (Phi) is 5.84. The first-order chi connectivity index (χ1) is 13.9. The summed E-state index contributed by atoms with van der Waals surface area (Å²) in [5, 5.41) is 13.8. The molecule has 9 nitrogen and oxygen atoms in total. The van der Waals surface area contributed by atoms with Gasteiger partial charge >= 0.3 is 0 Å². The smallest absolute Gasteiger partial charge is 0.289 e. The molecule has 0 saturated carbocycles. The van der Waals surface area contributed by atoms with E-state index >= 15 is 0 Å². The van der Waals surface area contributed by atoms with E-state index in [-0.39, 0.29) is 17.8 Å². The maximum Gasteiger partial charge on any atom is 0.289 e. The van der Waals surface area contributed by atoms with Crippen LogP contribution in [0.1, 0.15) is 15.9 Å². The van der Waals surface area contributed by atoms with E-state index in [0.29, 0.717) is 0 Å². The maximum absolute atomic E-state index is 12.7. The molecule has 3 aromatic rings. The fraction of sp³-hybridized carbons (Fsp3) is 0.0526. The molecule has 1 amide bonds. The number of carbonyl (C=O) groups excluding carboxylic acids is 1. The van der Waals surface area contributed by atoms with E-state index in [2.05, 4.69) is 15.0 Å². The van der Waals surface area contributed by atoms with E-state index in [0.717, 1.165) is 17.7 Å². The standard InChI is InChI=1S/C19H16N4O5S/c24-19(21-13-14-6-5-11-20-12-14)15-7-1-2-8-16(15)22-29(27,28)18-10-4-3-9-17(18)23(25)26/h1-12,22H,13H2,(H,21,24). The summed E-state index contributed by atoms with van der Waals surface area (Å²) in [5.74, 6) is -0.505. The van der Waals surface area contributed by atoms with Crippen LogP contribution < -0.4 is 10.0 Å². The number of nitrogens with one attached hydrogen (secondary N) is 2. The topological polar surface area (TPSA) is 131 Å². The number of benzene rings is 2. The molecule has 1 aromatic heterocycles. The number of nitro benzene ring substituents is 1. The van der Waals surface area contributed by atoms with Crippen LogP contribution in [0.5, 0.6) is 0 Å². The van der Waals surface area contributed by atoms with Crippen molar-refractivity contribution in [1.82, 2.24) is 10.3 Å². The average molecular weight is 412 g/mol. The summed E-state index contributed by atoms with van der Waals surface area (Å²) in [7, 11) is -4.29. The van der Waals surface area contributed by atoms with Crippen molar-refractivity contribution in [2.24, 2.45) is 0 Å². The minimum Gasteiger partial charge on any atom is -0.348 e. The fourth-order valence-corrected chi connectivity index (χ4v) is 3.84. The minimum absolute atomic E-state index is 0.00865. The number of hydrogen-bond donors (Lipinski definition) is 2. The van der Waals surface area contributed by atoms with E-state index in [1.165, 1.54) is 24.3 Å². The van der Waals surface area contributed by atoms with E-state index in [1.54, 1.807) is 36.7 Å². The third kappa shape index (κ3) is 4.74. The Labute approximate surface area is 166 Å². The molecule has 148 valence electrons. The predicted octanol–water partition coefficient (Wildman–Crippen LogP) is 2.72. The molecule has 2 N–H and O–H groups in total. The highest BCUT2D eigenvalue weighted by atomic mass is 32.2. The zero-order valence-corrected chi connectivity index (χ0v) is 15.8. The SMILES string of the molecule is O=C(NCc1cccnc1)c1ccccc1NS(=O)(=O)c1ccccc1[N+](=O)[O-]. The number of carbonyl (C=O) groups is 1. The molecule has 3 rings (SSSR count). The van der Waals surface area contributed by atoms with Crippen LogP contribution in [0.25, 0.3) is 0 Å².